The van der Waals surface area contributed by atoms with Crippen molar-refractivity contribution in [2.24, 2.45) is 15.7 Å². The quantitative estimate of drug-likeness (QED) is 0.742. The summed E-state index contributed by atoms with van der Waals surface area (Å²) in [7, 11) is -3.69. The second-order valence-electron chi connectivity index (χ2n) is 8.23. The minimum absolute atomic E-state index is 0.0530. The van der Waals surface area contributed by atoms with Gasteiger partial charge in [-0.25, -0.2) is 0 Å². The third kappa shape index (κ3) is 4.89. The number of amides is 1. The third-order valence-electron chi connectivity index (χ3n) is 5.46. The Hall–Kier alpha value is -1.89. The Morgan fingerprint density at radius 1 is 1.26 bits per heavy atom. The molecule has 2 aliphatic rings. The average molecular weight is 392 g/mol. The summed E-state index contributed by atoms with van der Waals surface area (Å²) in [6.45, 7) is 4.96. The van der Waals surface area contributed by atoms with E-state index in [0.717, 1.165) is 32.1 Å². The summed E-state index contributed by atoms with van der Waals surface area (Å²) in [6, 6.07) is 6.81. The maximum absolute atomic E-state index is 12.5. The number of anilines is 1. The fraction of sp³-hybridized carbons (Fsp3) is 0.600. The zero-order valence-corrected chi connectivity index (χ0v) is 16.9. The van der Waals surface area contributed by atoms with Crippen molar-refractivity contribution in [2.75, 3.05) is 11.9 Å². The number of hydrogen-bond acceptors (Lipinski definition) is 4. The second kappa shape index (κ2) is 8.00. The normalized spacial score (nSPS) is 19.9. The van der Waals surface area contributed by atoms with Gasteiger partial charge in [-0.2, -0.15) is 8.42 Å². The van der Waals surface area contributed by atoms with E-state index in [1.165, 1.54) is 0 Å². The van der Waals surface area contributed by atoms with Crippen LogP contribution >= 0.6 is 0 Å². The highest BCUT2D eigenvalue weighted by Gasteiger charge is 2.38. The highest BCUT2D eigenvalue weighted by molar-refractivity contribution is 7.90. The highest BCUT2D eigenvalue weighted by atomic mass is 32.2. The predicted octanol–water partition coefficient (Wildman–Crippen LogP) is 3.70. The van der Waals surface area contributed by atoms with Crippen molar-refractivity contribution in [3.63, 3.8) is 0 Å². The topological polar surface area (TPSA) is 87.6 Å². The smallest absolute Gasteiger partial charge is 0.286 e. The molecule has 3 rings (SSSR count). The summed E-state index contributed by atoms with van der Waals surface area (Å²) in [6.07, 6.45) is 5.85. The van der Waals surface area contributed by atoms with Gasteiger partial charge < -0.3 is 10.6 Å². The number of benzene rings is 1. The van der Waals surface area contributed by atoms with Crippen LogP contribution in [0.5, 0.6) is 0 Å². The molecule has 0 aromatic heterocycles. The Morgan fingerprint density at radius 3 is 2.67 bits per heavy atom. The molecule has 1 aromatic carbocycles. The molecule has 1 aliphatic carbocycles. The van der Waals surface area contributed by atoms with Crippen molar-refractivity contribution in [2.45, 2.75) is 63.7 Å². The van der Waals surface area contributed by atoms with Crippen LogP contribution in [0.3, 0.4) is 0 Å². The molecule has 1 heterocycles. The van der Waals surface area contributed by atoms with E-state index < -0.39 is 10.0 Å². The number of nitrogens with one attached hydrogen (secondary N) is 2. The van der Waals surface area contributed by atoms with E-state index in [9.17, 15) is 13.2 Å². The second-order valence-corrected chi connectivity index (χ2v) is 9.80. The summed E-state index contributed by atoms with van der Waals surface area (Å²) in [5.74, 6) is 1.06. The fourth-order valence-corrected chi connectivity index (χ4v) is 5.19. The van der Waals surface area contributed by atoms with Gasteiger partial charge in [0.25, 0.3) is 10.0 Å². The first-order valence-electron chi connectivity index (χ1n) is 9.76. The number of carbonyl (C=O) groups excluding carboxylic acids is 1. The van der Waals surface area contributed by atoms with Gasteiger partial charge in [0.2, 0.25) is 5.91 Å². The van der Waals surface area contributed by atoms with Crippen LogP contribution in [-0.2, 0) is 14.8 Å². The highest BCUT2D eigenvalue weighted by Crippen LogP contribution is 2.45. The van der Waals surface area contributed by atoms with Crippen LogP contribution in [0.1, 0.15) is 58.8 Å². The van der Waals surface area contributed by atoms with E-state index >= 15 is 0 Å². The summed E-state index contributed by atoms with van der Waals surface area (Å²) >= 11 is 0. The molecule has 0 radical (unpaired) electrons. The van der Waals surface area contributed by atoms with Gasteiger partial charge >= 0.3 is 0 Å². The molecular weight excluding hydrogens is 362 g/mol. The Morgan fingerprint density at radius 2 is 1.96 bits per heavy atom. The number of carbonyl (C=O) groups is 1. The van der Waals surface area contributed by atoms with Gasteiger partial charge in [0.1, 0.15) is 10.7 Å². The molecule has 1 fully saturated rings. The molecule has 0 atom stereocenters. The Kier molecular flexibility index (Phi) is 5.89. The van der Waals surface area contributed by atoms with Crippen molar-refractivity contribution in [3.8, 4) is 0 Å². The van der Waals surface area contributed by atoms with E-state index in [1.807, 2.05) is 0 Å². The van der Waals surface area contributed by atoms with Crippen molar-refractivity contribution in [3.05, 3.63) is 24.3 Å². The zero-order valence-electron chi connectivity index (χ0n) is 16.1. The van der Waals surface area contributed by atoms with Crippen molar-refractivity contribution in [1.29, 1.82) is 0 Å². The molecule has 2 N–H and O–H groups in total. The number of nitrogens with zero attached hydrogens (tertiary/aromatic N) is 1. The third-order valence-corrected chi connectivity index (χ3v) is 6.83. The first-order chi connectivity index (χ1) is 12.8. The van der Waals surface area contributed by atoms with Crippen LogP contribution < -0.4 is 10.6 Å². The molecule has 0 spiro atoms. The van der Waals surface area contributed by atoms with E-state index in [2.05, 4.69) is 28.9 Å². The van der Waals surface area contributed by atoms with Crippen LogP contribution in [0, 0.1) is 11.3 Å². The van der Waals surface area contributed by atoms with Crippen molar-refractivity contribution in [1.82, 2.24) is 5.32 Å². The molecular formula is C20H29N3O3S. The molecule has 0 bridgehead atoms. The van der Waals surface area contributed by atoms with Gasteiger partial charge in [0.05, 0.1) is 5.69 Å². The Balaban J connectivity index is 1.71. The van der Waals surface area contributed by atoms with Gasteiger partial charge in [0, 0.05) is 19.4 Å². The maximum Gasteiger partial charge on any atom is 0.286 e. The predicted molar refractivity (Wildman–Crippen MR) is 107 cm³/mol. The number of amidine groups is 1. The standard InChI is InChI=1S/C20H29N3O3S/c1-15(2)9-12-21-19(24)14-20(10-5-6-11-20)13-18-22-16-7-3-4-8-17(16)27(25,26)23-18/h3-4,7-8,15H,5-6,9-14H2,1-2H3,(H,21,24)(H,22,23). The number of sulfonamides is 1. The minimum atomic E-state index is -3.69. The molecule has 1 aliphatic heterocycles. The van der Waals surface area contributed by atoms with Crippen molar-refractivity contribution < 1.29 is 13.2 Å². The lowest BCUT2D eigenvalue weighted by atomic mass is 9.78. The number of rotatable bonds is 7. The van der Waals surface area contributed by atoms with Crippen LogP contribution in [0.4, 0.5) is 5.69 Å². The number of hydrogen-bond donors (Lipinski definition) is 2. The first-order valence-corrected chi connectivity index (χ1v) is 11.2. The van der Waals surface area contributed by atoms with Gasteiger partial charge in [-0.1, -0.05) is 38.8 Å². The lowest BCUT2D eigenvalue weighted by Crippen LogP contribution is -2.35. The molecule has 6 nitrogen and oxygen atoms in total. The molecule has 7 heteroatoms. The summed E-state index contributed by atoms with van der Waals surface area (Å²) in [4.78, 5) is 12.7. The number of para-hydroxylation sites is 1. The summed E-state index contributed by atoms with van der Waals surface area (Å²) in [5.41, 5.74) is 0.354. The van der Waals surface area contributed by atoms with E-state index in [-0.39, 0.29) is 16.2 Å². The minimum Gasteiger partial charge on any atom is -0.356 e. The molecule has 1 amide bonds. The Bertz CT molecular complexity index is 825. The van der Waals surface area contributed by atoms with Crippen LogP contribution in [0.15, 0.2) is 33.6 Å². The fourth-order valence-electron chi connectivity index (χ4n) is 4.04. The van der Waals surface area contributed by atoms with E-state index in [1.54, 1.807) is 24.3 Å². The van der Waals surface area contributed by atoms with Crippen molar-refractivity contribution >= 4 is 27.5 Å². The molecule has 27 heavy (non-hydrogen) atoms. The number of fused-ring (bicyclic) bond motifs is 1. The first kappa shape index (κ1) is 19.9. The molecule has 148 valence electrons. The van der Waals surface area contributed by atoms with Gasteiger partial charge in [-0.3, -0.25) is 4.79 Å². The van der Waals surface area contributed by atoms with Gasteiger partial charge in [0.15, 0.2) is 0 Å². The van der Waals surface area contributed by atoms with Crippen LogP contribution in [0.2, 0.25) is 0 Å². The lowest BCUT2D eigenvalue weighted by Gasteiger charge is -2.30. The SMILES string of the molecule is CC(C)CCNC(=O)CC1(CC2=NS(=O)(=O)c3ccccc3N2)CCCC1. The molecule has 1 saturated carbocycles. The molecule has 0 saturated heterocycles. The van der Waals surface area contributed by atoms with Crippen LogP contribution in [0.25, 0.3) is 0 Å². The molecule has 1 aromatic rings. The monoisotopic (exact) mass is 391 g/mol. The summed E-state index contributed by atoms with van der Waals surface area (Å²) < 4.78 is 29.0. The summed E-state index contributed by atoms with van der Waals surface area (Å²) in [5, 5.41) is 6.19. The maximum atomic E-state index is 12.5. The zero-order chi connectivity index (χ0) is 19.5. The van der Waals surface area contributed by atoms with Gasteiger partial charge in [-0.15, -0.1) is 4.40 Å². The van der Waals surface area contributed by atoms with Gasteiger partial charge in [-0.05, 0) is 42.7 Å². The van der Waals surface area contributed by atoms with E-state index in [4.69, 9.17) is 0 Å². The largest absolute Gasteiger partial charge is 0.356 e. The van der Waals surface area contributed by atoms with E-state index in [0.29, 0.717) is 36.8 Å². The average Bonchev–Trinajstić information content (AvgIpc) is 3.01. The lowest BCUT2D eigenvalue weighted by molar-refractivity contribution is -0.123. The molecule has 0 unspecified atom stereocenters. The van der Waals surface area contributed by atoms with Crippen LogP contribution in [-0.4, -0.2) is 26.7 Å². The Labute approximate surface area is 161 Å².